The predicted octanol–water partition coefficient (Wildman–Crippen LogP) is 4.92. The van der Waals surface area contributed by atoms with Crippen LogP contribution in [0.15, 0.2) is 88.8 Å². The van der Waals surface area contributed by atoms with Gasteiger partial charge < -0.3 is 9.47 Å². The molecule has 1 fully saturated rings. The Morgan fingerprint density at radius 1 is 1.02 bits per heavy atom. The molecule has 0 spiro atoms. The zero-order valence-electron chi connectivity index (χ0n) is 22.1. The summed E-state index contributed by atoms with van der Waals surface area (Å²) in [5.74, 6) is 1.09. The molecule has 0 N–H and O–H groups in total. The highest BCUT2D eigenvalue weighted by Crippen LogP contribution is 2.38. The monoisotopic (exact) mass is 604 g/mol. The van der Waals surface area contributed by atoms with E-state index in [1.807, 2.05) is 54.7 Å². The number of thioether (sulfide) groups is 1. The third-order valence-corrected chi connectivity index (χ3v) is 9.78. The lowest BCUT2D eigenvalue weighted by atomic mass is 10.1. The number of ether oxygens (including phenoxy) is 2. The van der Waals surface area contributed by atoms with Crippen LogP contribution < -0.4 is 9.47 Å². The first-order valence-electron chi connectivity index (χ1n) is 12.5. The molecule has 0 aliphatic carbocycles. The molecule has 0 atom stereocenters. The van der Waals surface area contributed by atoms with E-state index in [1.165, 1.54) is 30.2 Å². The number of carbonyl (C=O) groups excluding carboxylic acids is 1. The van der Waals surface area contributed by atoms with Crippen LogP contribution >= 0.6 is 24.0 Å². The summed E-state index contributed by atoms with van der Waals surface area (Å²) >= 11 is 6.79. The van der Waals surface area contributed by atoms with Crippen molar-refractivity contribution in [3.8, 4) is 28.4 Å². The highest BCUT2D eigenvalue weighted by atomic mass is 32.2. The Labute approximate surface area is 247 Å². The predicted molar refractivity (Wildman–Crippen MR) is 161 cm³/mol. The van der Waals surface area contributed by atoms with Crippen molar-refractivity contribution >= 4 is 50.3 Å². The van der Waals surface area contributed by atoms with Gasteiger partial charge in [0.2, 0.25) is 16.8 Å². The molecule has 0 saturated carbocycles. The molecular weight excluding hydrogens is 581 g/mol. The number of amides is 1. The van der Waals surface area contributed by atoms with Crippen LogP contribution in [-0.4, -0.2) is 58.5 Å². The van der Waals surface area contributed by atoms with Gasteiger partial charge in [-0.2, -0.15) is 5.10 Å². The summed E-state index contributed by atoms with van der Waals surface area (Å²) in [6.07, 6.45) is 3.58. The lowest BCUT2D eigenvalue weighted by Gasteiger charge is -2.14. The summed E-state index contributed by atoms with van der Waals surface area (Å²) < 4.78 is 39.8. The Morgan fingerprint density at radius 2 is 1.80 bits per heavy atom. The van der Waals surface area contributed by atoms with Crippen molar-refractivity contribution in [1.82, 2.24) is 19.0 Å². The molecule has 208 valence electrons. The molecule has 1 saturated heterocycles. The average Bonchev–Trinajstić information content (AvgIpc) is 3.68. The van der Waals surface area contributed by atoms with Gasteiger partial charge in [0.15, 0.2) is 11.5 Å². The lowest BCUT2D eigenvalue weighted by molar-refractivity contribution is -0.122. The maximum atomic E-state index is 13.5. The summed E-state index contributed by atoms with van der Waals surface area (Å²) in [6.45, 7) is 0.463. The standard InChI is InChI=1S/C29H24N4O5S3/c1-31(2)41(35,36)23-10-6-7-20(14-23)27-21(17-33(30-27)22-8-4-3-5-9-22)15-26-28(34)32(29(39)40-26)16-19-11-12-24-25(13-19)38-18-37-24/h3-15,17H,16,18H2,1-2H3/b26-15-. The first-order valence-corrected chi connectivity index (χ1v) is 15.2. The number of fused-ring (bicyclic) bond motifs is 1. The zero-order valence-corrected chi connectivity index (χ0v) is 24.5. The van der Waals surface area contributed by atoms with Crippen molar-refractivity contribution in [2.75, 3.05) is 20.9 Å². The molecule has 9 nitrogen and oxygen atoms in total. The molecule has 3 aromatic carbocycles. The number of aromatic nitrogens is 2. The minimum atomic E-state index is -3.66. The smallest absolute Gasteiger partial charge is 0.266 e. The number of sulfonamides is 1. The summed E-state index contributed by atoms with van der Waals surface area (Å²) in [5.41, 5.74) is 3.47. The van der Waals surface area contributed by atoms with Gasteiger partial charge in [-0.15, -0.1) is 0 Å². The first kappa shape index (κ1) is 27.2. The number of benzene rings is 3. The van der Waals surface area contributed by atoms with Crippen LogP contribution in [0.3, 0.4) is 0 Å². The van der Waals surface area contributed by atoms with E-state index < -0.39 is 10.0 Å². The fourth-order valence-corrected chi connectivity index (χ4v) is 6.64. The van der Waals surface area contributed by atoms with Crippen molar-refractivity contribution < 1.29 is 22.7 Å². The van der Waals surface area contributed by atoms with E-state index in [-0.39, 0.29) is 17.6 Å². The summed E-state index contributed by atoms with van der Waals surface area (Å²) in [6, 6.07) is 21.7. The zero-order chi connectivity index (χ0) is 28.7. The van der Waals surface area contributed by atoms with Crippen LogP contribution in [0.5, 0.6) is 11.5 Å². The number of hydrogen-bond donors (Lipinski definition) is 0. The van der Waals surface area contributed by atoms with E-state index >= 15 is 0 Å². The van der Waals surface area contributed by atoms with Crippen LogP contribution in [0.4, 0.5) is 0 Å². The van der Waals surface area contributed by atoms with E-state index in [2.05, 4.69) is 0 Å². The molecule has 2 aliphatic rings. The Balaban J connectivity index is 1.37. The summed E-state index contributed by atoms with van der Waals surface area (Å²) in [5, 5.41) is 4.80. The van der Waals surface area contributed by atoms with Crippen molar-refractivity contribution in [3.63, 3.8) is 0 Å². The minimum absolute atomic E-state index is 0.148. The molecule has 1 aromatic heterocycles. The maximum Gasteiger partial charge on any atom is 0.266 e. The van der Waals surface area contributed by atoms with Gasteiger partial charge in [-0.3, -0.25) is 9.69 Å². The molecule has 41 heavy (non-hydrogen) atoms. The lowest BCUT2D eigenvalue weighted by Crippen LogP contribution is -2.27. The molecule has 4 aromatic rings. The van der Waals surface area contributed by atoms with E-state index in [4.69, 9.17) is 26.8 Å². The van der Waals surface area contributed by atoms with Crippen molar-refractivity contribution in [2.24, 2.45) is 0 Å². The second-order valence-corrected chi connectivity index (χ2v) is 13.3. The third-order valence-electron chi connectivity index (χ3n) is 6.59. The van der Waals surface area contributed by atoms with Crippen molar-refractivity contribution in [1.29, 1.82) is 0 Å². The molecule has 12 heteroatoms. The van der Waals surface area contributed by atoms with Gasteiger partial charge >= 0.3 is 0 Å². The molecule has 0 unspecified atom stereocenters. The largest absolute Gasteiger partial charge is 0.454 e. The van der Waals surface area contributed by atoms with Gasteiger partial charge in [0.1, 0.15) is 10.0 Å². The fraction of sp³-hybridized carbons (Fsp3) is 0.138. The summed E-state index contributed by atoms with van der Waals surface area (Å²) in [7, 11) is -0.682. The molecule has 6 rings (SSSR count). The average molecular weight is 605 g/mol. The van der Waals surface area contributed by atoms with Gasteiger partial charge in [-0.1, -0.05) is 60.4 Å². The Hall–Kier alpha value is -3.97. The van der Waals surface area contributed by atoms with Crippen LogP contribution in [0.2, 0.25) is 0 Å². The molecule has 0 radical (unpaired) electrons. The number of nitrogens with zero attached hydrogens (tertiary/aromatic N) is 4. The fourth-order valence-electron chi connectivity index (χ4n) is 4.44. The van der Waals surface area contributed by atoms with Crippen LogP contribution in [0.1, 0.15) is 11.1 Å². The topological polar surface area (TPSA) is 94.0 Å². The number of hydrogen-bond acceptors (Lipinski definition) is 8. The van der Waals surface area contributed by atoms with Gasteiger partial charge in [0.25, 0.3) is 5.91 Å². The Bertz CT molecular complexity index is 1820. The van der Waals surface area contributed by atoms with Gasteiger partial charge in [0.05, 0.1) is 22.0 Å². The number of rotatable bonds is 7. The van der Waals surface area contributed by atoms with Crippen molar-refractivity contribution in [3.05, 3.63) is 95.0 Å². The van der Waals surface area contributed by atoms with E-state index in [0.29, 0.717) is 44.1 Å². The van der Waals surface area contributed by atoms with Crippen molar-refractivity contribution in [2.45, 2.75) is 11.4 Å². The quantitative estimate of drug-likeness (QED) is 0.217. The highest BCUT2D eigenvalue weighted by Gasteiger charge is 2.33. The molecule has 0 bridgehead atoms. The molecule has 3 heterocycles. The van der Waals surface area contributed by atoms with Crippen LogP contribution in [-0.2, 0) is 21.4 Å². The maximum absolute atomic E-state index is 13.5. The normalized spacial score (nSPS) is 15.9. The Kier molecular flexibility index (Phi) is 7.16. The minimum Gasteiger partial charge on any atom is -0.454 e. The van der Waals surface area contributed by atoms with E-state index in [9.17, 15) is 13.2 Å². The highest BCUT2D eigenvalue weighted by molar-refractivity contribution is 8.26. The number of carbonyl (C=O) groups is 1. The van der Waals surface area contributed by atoms with E-state index in [0.717, 1.165) is 11.3 Å². The molecular formula is C29H24N4O5S3. The van der Waals surface area contributed by atoms with Gasteiger partial charge in [-0.25, -0.2) is 17.4 Å². The van der Waals surface area contributed by atoms with Gasteiger partial charge in [0, 0.05) is 31.4 Å². The van der Waals surface area contributed by atoms with Crippen LogP contribution in [0.25, 0.3) is 23.0 Å². The molecule has 1 amide bonds. The number of thiocarbonyl (C=S) groups is 1. The second-order valence-electron chi connectivity index (χ2n) is 9.48. The van der Waals surface area contributed by atoms with Gasteiger partial charge in [-0.05, 0) is 48.0 Å². The van der Waals surface area contributed by atoms with Crippen LogP contribution in [0, 0.1) is 0 Å². The SMILES string of the molecule is CN(C)S(=O)(=O)c1cccc(-c2nn(-c3ccccc3)cc2/C=C2\SC(=S)N(Cc3ccc4c(c3)OCO4)C2=O)c1. The number of para-hydroxylation sites is 1. The Morgan fingerprint density at radius 3 is 2.59 bits per heavy atom. The second kappa shape index (κ2) is 10.8. The van der Waals surface area contributed by atoms with E-state index in [1.54, 1.807) is 39.9 Å². The molecule has 2 aliphatic heterocycles. The summed E-state index contributed by atoms with van der Waals surface area (Å²) in [4.78, 5) is 15.7. The third kappa shape index (κ3) is 5.26. The first-order chi connectivity index (χ1) is 19.7.